The molecule has 0 aromatic rings. The fourth-order valence-electron chi connectivity index (χ4n) is 2.21. The summed E-state index contributed by atoms with van der Waals surface area (Å²) in [5.74, 6) is 1.81. The molecule has 0 aromatic heterocycles. The smallest absolute Gasteiger partial charge is 0.00486 e. The van der Waals surface area contributed by atoms with E-state index in [9.17, 15) is 0 Å². The molecule has 2 saturated carbocycles. The number of rotatable bonds is 0. The summed E-state index contributed by atoms with van der Waals surface area (Å²) in [5, 5.41) is 1.41. The van der Waals surface area contributed by atoms with Crippen LogP contribution in [0.5, 0.6) is 0 Å². The summed E-state index contributed by atoms with van der Waals surface area (Å²) in [5.41, 5.74) is 0. The van der Waals surface area contributed by atoms with Gasteiger partial charge in [0, 0.05) is 10.5 Å². The van der Waals surface area contributed by atoms with Crippen molar-refractivity contribution in [2.45, 2.75) is 29.8 Å². The Bertz CT molecular complexity index is 106. The summed E-state index contributed by atoms with van der Waals surface area (Å²) >= 11 is 9.01. The molecule has 9 heavy (non-hydrogen) atoms. The monoisotopic (exact) mass is 160 g/mol. The minimum absolute atomic E-state index is 0.707. The van der Waals surface area contributed by atoms with Crippen LogP contribution in [0.15, 0.2) is 0 Å². The minimum atomic E-state index is 0.707. The Hall–Kier alpha value is 0.700. The van der Waals surface area contributed by atoms with E-state index in [1.54, 1.807) is 0 Å². The first-order valence-corrected chi connectivity index (χ1v) is 4.67. The van der Waals surface area contributed by atoms with Gasteiger partial charge in [0.1, 0.15) is 0 Å². The maximum atomic E-state index is 4.50. The number of hydrogen-bond donors (Lipinski definition) is 2. The van der Waals surface area contributed by atoms with Crippen molar-refractivity contribution in [3.8, 4) is 0 Å². The molecule has 2 aliphatic carbocycles. The molecule has 0 amide bonds. The van der Waals surface area contributed by atoms with Gasteiger partial charge in [-0.1, -0.05) is 0 Å². The van der Waals surface area contributed by atoms with E-state index in [1.165, 1.54) is 19.3 Å². The molecule has 0 nitrogen and oxygen atoms in total. The molecular formula is C7H12S2. The van der Waals surface area contributed by atoms with Crippen LogP contribution < -0.4 is 0 Å². The second-order valence-electron chi connectivity index (χ2n) is 3.36. The van der Waals surface area contributed by atoms with Crippen molar-refractivity contribution >= 4 is 25.3 Å². The first kappa shape index (κ1) is 6.41. The molecule has 0 unspecified atom stereocenters. The average molecular weight is 160 g/mol. The SMILES string of the molecule is S[C@@H]1C[C@@H]2C[C@@H]1C[C@@H]2S. The molecule has 4 atom stereocenters. The molecule has 0 saturated heterocycles. The quantitative estimate of drug-likeness (QED) is 0.498. The lowest BCUT2D eigenvalue weighted by atomic mass is 10.00. The van der Waals surface area contributed by atoms with Crippen molar-refractivity contribution in [2.24, 2.45) is 11.8 Å². The van der Waals surface area contributed by atoms with Crippen LogP contribution in [0, 0.1) is 11.8 Å². The fraction of sp³-hybridized carbons (Fsp3) is 1.00. The molecule has 0 radical (unpaired) electrons. The number of hydrogen-bond acceptors (Lipinski definition) is 2. The zero-order chi connectivity index (χ0) is 6.43. The summed E-state index contributed by atoms with van der Waals surface area (Å²) in [7, 11) is 0. The first-order chi connectivity index (χ1) is 4.27. The predicted molar refractivity (Wildman–Crippen MR) is 46.4 cm³/mol. The van der Waals surface area contributed by atoms with Crippen LogP contribution in [0.2, 0.25) is 0 Å². The lowest BCUT2D eigenvalue weighted by molar-refractivity contribution is 0.508. The van der Waals surface area contributed by atoms with E-state index in [4.69, 9.17) is 0 Å². The van der Waals surface area contributed by atoms with Crippen LogP contribution in [-0.4, -0.2) is 10.5 Å². The van der Waals surface area contributed by atoms with Crippen LogP contribution in [0.3, 0.4) is 0 Å². The first-order valence-electron chi connectivity index (χ1n) is 3.63. The lowest BCUT2D eigenvalue weighted by Crippen LogP contribution is -2.17. The third-order valence-electron chi connectivity index (χ3n) is 2.78. The van der Waals surface area contributed by atoms with Crippen molar-refractivity contribution in [3.05, 3.63) is 0 Å². The van der Waals surface area contributed by atoms with Crippen molar-refractivity contribution in [1.82, 2.24) is 0 Å². The van der Waals surface area contributed by atoms with Gasteiger partial charge >= 0.3 is 0 Å². The van der Waals surface area contributed by atoms with Crippen molar-refractivity contribution in [1.29, 1.82) is 0 Å². The van der Waals surface area contributed by atoms with Crippen molar-refractivity contribution < 1.29 is 0 Å². The van der Waals surface area contributed by atoms with Crippen LogP contribution in [0.4, 0.5) is 0 Å². The Morgan fingerprint density at radius 3 is 1.44 bits per heavy atom. The Balaban J connectivity index is 2.10. The van der Waals surface area contributed by atoms with Gasteiger partial charge in [0.2, 0.25) is 0 Å². The van der Waals surface area contributed by atoms with E-state index in [0.717, 1.165) is 11.8 Å². The van der Waals surface area contributed by atoms with Gasteiger partial charge in [-0.3, -0.25) is 0 Å². The second kappa shape index (κ2) is 2.09. The Morgan fingerprint density at radius 1 is 0.778 bits per heavy atom. The third kappa shape index (κ3) is 0.911. The van der Waals surface area contributed by atoms with Crippen LogP contribution in [-0.2, 0) is 0 Å². The van der Waals surface area contributed by atoms with Gasteiger partial charge in [-0.05, 0) is 31.1 Å². The number of fused-ring (bicyclic) bond motifs is 2. The zero-order valence-corrected chi connectivity index (χ0v) is 7.11. The van der Waals surface area contributed by atoms with Crippen LogP contribution >= 0.6 is 25.3 Å². The molecule has 2 bridgehead atoms. The molecular weight excluding hydrogens is 148 g/mol. The Labute approximate surface area is 67.2 Å². The highest BCUT2D eigenvalue weighted by Crippen LogP contribution is 2.48. The Kier molecular flexibility index (Phi) is 1.49. The highest BCUT2D eigenvalue weighted by atomic mass is 32.1. The second-order valence-corrected chi connectivity index (χ2v) is 4.69. The largest absolute Gasteiger partial charge is 0.176 e. The highest BCUT2D eigenvalue weighted by Gasteiger charge is 2.42. The summed E-state index contributed by atoms with van der Waals surface area (Å²) < 4.78 is 0. The number of thiol groups is 2. The molecule has 52 valence electrons. The standard InChI is InChI=1S/C7H12S2/c8-6-2-4-1-5(6)3-7(4)9/h4-9H,1-3H2/t4-,5+,6+,7-. The van der Waals surface area contributed by atoms with E-state index in [-0.39, 0.29) is 0 Å². The molecule has 2 heteroatoms. The molecule has 0 N–H and O–H groups in total. The Morgan fingerprint density at radius 2 is 1.22 bits per heavy atom. The van der Waals surface area contributed by atoms with Gasteiger partial charge in [-0.15, -0.1) is 0 Å². The van der Waals surface area contributed by atoms with E-state index in [1.807, 2.05) is 0 Å². The summed E-state index contributed by atoms with van der Waals surface area (Å²) in [4.78, 5) is 0. The fourth-order valence-corrected chi connectivity index (χ4v) is 3.24. The van der Waals surface area contributed by atoms with Gasteiger partial charge in [-0.25, -0.2) is 0 Å². The summed E-state index contributed by atoms with van der Waals surface area (Å²) in [6.45, 7) is 0. The van der Waals surface area contributed by atoms with Crippen LogP contribution in [0.25, 0.3) is 0 Å². The van der Waals surface area contributed by atoms with Crippen molar-refractivity contribution in [2.75, 3.05) is 0 Å². The normalized spacial score (nSPS) is 56.7. The molecule has 2 rings (SSSR count). The lowest BCUT2D eigenvalue weighted by Gasteiger charge is -2.20. The van der Waals surface area contributed by atoms with Gasteiger partial charge in [0.05, 0.1) is 0 Å². The topological polar surface area (TPSA) is 0 Å². The predicted octanol–water partition coefficient (Wildman–Crippen LogP) is 2.01. The van der Waals surface area contributed by atoms with Crippen LogP contribution in [0.1, 0.15) is 19.3 Å². The van der Waals surface area contributed by atoms with E-state index in [0.29, 0.717) is 10.5 Å². The minimum Gasteiger partial charge on any atom is -0.176 e. The van der Waals surface area contributed by atoms with E-state index in [2.05, 4.69) is 25.3 Å². The van der Waals surface area contributed by atoms with Crippen molar-refractivity contribution in [3.63, 3.8) is 0 Å². The third-order valence-corrected chi connectivity index (χ3v) is 4.05. The highest BCUT2D eigenvalue weighted by molar-refractivity contribution is 7.81. The summed E-state index contributed by atoms with van der Waals surface area (Å²) in [6.07, 6.45) is 4.05. The molecule has 0 spiro atoms. The maximum Gasteiger partial charge on any atom is 0.00486 e. The van der Waals surface area contributed by atoms with E-state index < -0.39 is 0 Å². The molecule has 0 heterocycles. The van der Waals surface area contributed by atoms with E-state index >= 15 is 0 Å². The maximum absolute atomic E-state index is 4.50. The van der Waals surface area contributed by atoms with Gasteiger partial charge in [0.25, 0.3) is 0 Å². The molecule has 0 aromatic carbocycles. The summed E-state index contributed by atoms with van der Waals surface area (Å²) in [6, 6.07) is 0. The molecule has 2 fully saturated rings. The van der Waals surface area contributed by atoms with Gasteiger partial charge < -0.3 is 0 Å². The average Bonchev–Trinajstić information content (AvgIpc) is 2.24. The molecule has 0 aliphatic heterocycles. The zero-order valence-electron chi connectivity index (χ0n) is 5.33. The van der Waals surface area contributed by atoms with Gasteiger partial charge in [0.15, 0.2) is 0 Å². The van der Waals surface area contributed by atoms with Gasteiger partial charge in [-0.2, -0.15) is 25.3 Å². The molecule has 2 aliphatic rings.